The minimum Gasteiger partial charge on any atom is -0.481 e. The summed E-state index contributed by atoms with van der Waals surface area (Å²) in [5.41, 5.74) is 0.453. The van der Waals surface area contributed by atoms with E-state index in [1.165, 1.54) is 12.1 Å². The van der Waals surface area contributed by atoms with Crippen LogP contribution in [0.2, 0.25) is 5.15 Å². The van der Waals surface area contributed by atoms with Crippen LogP contribution in [0.1, 0.15) is 12.6 Å². The number of carbonyl (C=O) groups is 1. The Morgan fingerprint density at radius 1 is 1.65 bits per heavy atom. The molecule has 0 amide bonds. The lowest BCUT2D eigenvalue weighted by atomic mass is 10.2. The number of nitro groups is 1. The number of aromatic nitrogens is 1. The zero-order valence-electron chi connectivity index (χ0n) is 8.96. The standard InChI is InChI=1S/C7H7ClN2O2.C2H4O2S/c1-2-5-6(10(11)12)3-4-7(8)9-5;3-2(4)1-5/h3-4H,2H2,1H3;5H,1H2,(H,3,4). The molecular weight excluding hydrogens is 268 g/mol. The van der Waals surface area contributed by atoms with Gasteiger partial charge in [-0.15, -0.1) is 0 Å². The van der Waals surface area contributed by atoms with E-state index in [0.717, 1.165) is 0 Å². The van der Waals surface area contributed by atoms with Gasteiger partial charge in [0, 0.05) is 6.07 Å². The second kappa shape index (κ2) is 7.86. The molecule has 0 fully saturated rings. The second-order valence-corrected chi connectivity index (χ2v) is 3.47. The van der Waals surface area contributed by atoms with Crippen LogP contribution in [0.25, 0.3) is 0 Å². The van der Waals surface area contributed by atoms with E-state index in [1.54, 1.807) is 6.92 Å². The highest BCUT2D eigenvalue weighted by Crippen LogP contribution is 2.18. The molecule has 17 heavy (non-hydrogen) atoms. The summed E-state index contributed by atoms with van der Waals surface area (Å²) in [4.78, 5) is 23.1. The number of carboxylic acid groups (broad SMARTS) is 1. The van der Waals surface area contributed by atoms with Gasteiger partial charge in [0.05, 0.1) is 10.7 Å². The summed E-state index contributed by atoms with van der Waals surface area (Å²) < 4.78 is 0. The molecule has 0 spiro atoms. The first kappa shape index (κ1) is 15.7. The van der Waals surface area contributed by atoms with Crippen LogP contribution in [-0.2, 0) is 11.2 Å². The molecule has 0 unspecified atom stereocenters. The molecule has 1 aromatic rings. The third-order valence-electron chi connectivity index (χ3n) is 1.58. The van der Waals surface area contributed by atoms with Gasteiger partial charge in [-0.2, -0.15) is 12.6 Å². The SMILES string of the molecule is CCc1nc(Cl)ccc1[N+](=O)[O-].O=C(O)CS. The van der Waals surface area contributed by atoms with E-state index in [1.807, 2.05) is 0 Å². The summed E-state index contributed by atoms with van der Waals surface area (Å²) in [6.07, 6.45) is 0.511. The molecule has 1 heterocycles. The van der Waals surface area contributed by atoms with Crippen LogP contribution in [0, 0.1) is 10.1 Å². The number of thiol groups is 1. The number of aliphatic carboxylic acids is 1. The number of hydrogen-bond donors (Lipinski definition) is 2. The Morgan fingerprint density at radius 2 is 2.18 bits per heavy atom. The minimum absolute atomic E-state index is 0.0295. The van der Waals surface area contributed by atoms with Gasteiger partial charge in [0.1, 0.15) is 10.8 Å². The molecule has 0 aliphatic rings. The molecule has 0 radical (unpaired) electrons. The molecule has 8 heteroatoms. The van der Waals surface area contributed by atoms with Crippen LogP contribution in [-0.4, -0.2) is 26.7 Å². The van der Waals surface area contributed by atoms with Crippen molar-refractivity contribution < 1.29 is 14.8 Å². The summed E-state index contributed by atoms with van der Waals surface area (Å²) in [7, 11) is 0. The molecule has 0 bridgehead atoms. The Bertz CT molecular complexity index is 414. The van der Waals surface area contributed by atoms with Crippen molar-refractivity contribution in [2.45, 2.75) is 13.3 Å². The van der Waals surface area contributed by atoms with E-state index in [4.69, 9.17) is 16.7 Å². The van der Waals surface area contributed by atoms with Crippen LogP contribution in [0.5, 0.6) is 0 Å². The quantitative estimate of drug-likeness (QED) is 0.383. The van der Waals surface area contributed by atoms with Crippen molar-refractivity contribution in [3.05, 3.63) is 33.1 Å². The molecule has 94 valence electrons. The Hall–Kier alpha value is -1.34. The third-order valence-corrected chi connectivity index (χ3v) is 2.06. The smallest absolute Gasteiger partial charge is 0.313 e. The number of rotatable bonds is 3. The van der Waals surface area contributed by atoms with E-state index in [-0.39, 0.29) is 16.6 Å². The fourth-order valence-corrected chi connectivity index (χ4v) is 1.06. The predicted octanol–water partition coefficient (Wildman–Crippen LogP) is 2.21. The van der Waals surface area contributed by atoms with Gasteiger partial charge >= 0.3 is 5.97 Å². The maximum Gasteiger partial charge on any atom is 0.313 e. The largest absolute Gasteiger partial charge is 0.481 e. The normalized spacial score (nSPS) is 9.12. The van der Waals surface area contributed by atoms with Crippen molar-refractivity contribution in [2.24, 2.45) is 0 Å². The predicted molar refractivity (Wildman–Crippen MR) is 66.8 cm³/mol. The molecule has 0 saturated heterocycles. The van der Waals surface area contributed by atoms with Gasteiger partial charge in [-0.05, 0) is 12.5 Å². The van der Waals surface area contributed by atoms with Gasteiger partial charge in [0.15, 0.2) is 0 Å². The Balaban J connectivity index is 0.000000437. The molecule has 0 aliphatic carbocycles. The zero-order chi connectivity index (χ0) is 13.4. The highest BCUT2D eigenvalue weighted by atomic mass is 35.5. The minimum atomic E-state index is -0.881. The van der Waals surface area contributed by atoms with Gasteiger partial charge in [0.25, 0.3) is 5.69 Å². The fraction of sp³-hybridized carbons (Fsp3) is 0.333. The van der Waals surface area contributed by atoms with Gasteiger partial charge in [-0.1, -0.05) is 18.5 Å². The Labute approximate surface area is 108 Å². The fourth-order valence-electron chi connectivity index (χ4n) is 0.894. The monoisotopic (exact) mass is 278 g/mol. The highest BCUT2D eigenvalue weighted by molar-refractivity contribution is 7.81. The van der Waals surface area contributed by atoms with Crippen molar-refractivity contribution in [3.8, 4) is 0 Å². The molecular formula is C9H11ClN2O4S. The van der Waals surface area contributed by atoms with Crippen LogP contribution < -0.4 is 0 Å². The Kier molecular flexibility index (Phi) is 7.24. The van der Waals surface area contributed by atoms with Crippen molar-refractivity contribution in [2.75, 3.05) is 5.75 Å². The Morgan fingerprint density at radius 3 is 2.53 bits per heavy atom. The molecule has 1 N–H and O–H groups in total. The number of nitrogens with zero attached hydrogens (tertiary/aromatic N) is 2. The summed E-state index contributed by atoms with van der Waals surface area (Å²) in [6.45, 7) is 1.80. The van der Waals surface area contributed by atoms with Crippen molar-refractivity contribution in [3.63, 3.8) is 0 Å². The number of pyridine rings is 1. The highest BCUT2D eigenvalue weighted by Gasteiger charge is 2.12. The summed E-state index contributed by atoms with van der Waals surface area (Å²) in [5.74, 6) is -0.965. The molecule has 0 saturated carbocycles. The van der Waals surface area contributed by atoms with E-state index < -0.39 is 10.9 Å². The zero-order valence-corrected chi connectivity index (χ0v) is 10.6. The molecule has 0 aliphatic heterocycles. The lowest BCUT2D eigenvalue weighted by Crippen LogP contribution is -1.96. The molecule has 1 aromatic heterocycles. The van der Waals surface area contributed by atoms with Gasteiger partial charge in [0.2, 0.25) is 0 Å². The molecule has 0 aromatic carbocycles. The maximum absolute atomic E-state index is 10.4. The summed E-state index contributed by atoms with van der Waals surface area (Å²) in [5, 5.41) is 18.3. The maximum atomic E-state index is 10.4. The molecule has 6 nitrogen and oxygen atoms in total. The van der Waals surface area contributed by atoms with Crippen LogP contribution in [0.4, 0.5) is 5.69 Å². The van der Waals surface area contributed by atoms with E-state index in [9.17, 15) is 14.9 Å². The average molecular weight is 279 g/mol. The van der Waals surface area contributed by atoms with Crippen molar-refractivity contribution in [1.82, 2.24) is 4.98 Å². The number of hydrogen-bond acceptors (Lipinski definition) is 5. The second-order valence-electron chi connectivity index (χ2n) is 2.76. The first-order valence-electron chi connectivity index (χ1n) is 4.54. The van der Waals surface area contributed by atoms with E-state index in [2.05, 4.69) is 17.6 Å². The van der Waals surface area contributed by atoms with Crippen LogP contribution in [0.15, 0.2) is 12.1 Å². The number of aryl methyl sites for hydroxylation is 1. The average Bonchev–Trinajstić information content (AvgIpc) is 2.29. The molecule has 0 atom stereocenters. The topological polar surface area (TPSA) is 93.3 Å². The van der Waals surface area contributed by atoms with Crippen molar-refractivity contribution in [1.29, 1.82) is 0 Å². The van der Waals surface area contributed by atoms with Gasteiger partial charge in [-0.3, -0.25) is 14.9 Å². The van der Waals surface area contributed by atoms with Crippen LogP contribution >= 0.6 is 24.2 Å². The van der Waals surface area contributed by atoms with Gasteiger partial charge < -0.3 is 5.11 Å². The van der Waals surface area contributed by atoms with Gasteiger partial charge in [-0.25, -0.2) is 4.98 Å². The van der Waals surface area contributed by atoms with Crippen LogP contribution in [0.3, 0.4) is 0 Å². The van der Waals surface area contributed by atoms with Crippen molar-refractivity contribution >= 4 is 35.9 Å². The first-order valence-corrected chi connectivity index (χ1v) is 5.55. The van der Waals surface area contributed by atoms with E-state index in [0.29, 0.717) is 12.1 Å². The molecule has 1 rings (SSSR count). The van der Waals surface area contributed by atoms with E-state index >= 15 is 0 Å². The summed E-state index contributed by atoms with van der Waals surface area (Å²) in [6, 6.07) is 2.78. The third kappa shape index (κ3) is 6.08. The number of carboxylic acids is 1. The number of halogens is 1. The lowest BCUT2D eigenvalue weighted by Gasteiger charge is -1.97. The summed E-state index contributed by atoms with van der Waals surface area (Å²) >= 11 is 8.98. The lowest BCUT2D eigenvalue weighted by molar-refractivity contribution is -0.385. The first-order chi connectivity index (χ1) is 7.92.